The maximum atomic E-state index is 13.8. The first-order chi connectivity index (χ1) is 14.3. The van der Waals surface area contributed by atoms with Gasteiger partial charge in [0.2, 0.25) is 0 Å². The van der Waals surface area contributed by atoms with Gasteiger partial charge in [-0.15, -0.1) is 0 Å². The lowest BCUT2D eigenvalue weighted by molar-refractivity contribution is 0.303. The number of ether oxygens (including phenoxy) is 1. The summed E-state index contributed by atoms with van der Waals surface area (Å²) in [5, 5.41) is 7.78. The Morgan fingerprint density at radius 2 is 1.76 bits per heavy atom. The lowest BCUT2D eigenvalue weighted by Crippen LogP contribution is -2.06. The first-order valence-electron chi connectivity index (χ1n) is 9.38. The van der Waals surface area contributed by atoms with E-state index in [1.165, 1.54) is 6.07 Å². The summed E-state index contributed by atoms with van der Waals surface area (Å²) in [6.07, 6.45) is 5.37. The van der Waals surface area contributed by atoms with Gasteiger partial charge in [-0.2, -0.15) is 5.10 Å². The molecule has 0 atom stereocenters. The molecular formula is C23H21FN4O. The molecule has 0 bridgehead atoms. The molecule has 2 heterocycles. The number of pyridine rings is 1. The van der Waals surface area contributed by atoms with Crippen LogP contribution in [0.4, 0.5) is 10.2 Å². The summed E-state index contributed by atoms with van der Waals surface area (Å²) in [7, 11) is 0. The number of nitrogens with zero attached hydrogens (tertiary/aromatic N) is 3. The minimum Gasteiger partial charge on any atom is -0.488 e. The van der Waals surface area contributed by atoms with Gasteiger partial charge in [0.25, 0.3) is 0 Å². The second-order valence-electron chi connectivity index (χ2n) is 6.60. The number of halogens is 1. The van der Waals surface area contributed by atoms with Crippen molar-refractivity contribution in [3.63, 3.8) is 0 Å². The molecular weight excluding hydrogens is 367 g/mol. The van der Waals surface area contributed by atoms with E-state index in [0.29, 0.717) is 25.3 Å². The van der Waals surface area contributed by atoms with Crippen molar-refractivity contribution in [2.45, 2.75) is 19.7 Å². The number of rotatable bonds is 8. The molecule has 1 N–H and O–H groups in total. The highest BCUT2D eigenvalue weighted by Gasteiger charge is 2.07. The summed E-state index contributed by atoms with van der Waals surface area (Å²) in [6, 6.07) is 20.4. The van der Waals surface area contributed by atoms with E-state index in [4.69, 9.17) is 4.74 Å². The van der Waals surface area contributed by atoms with E-state index in [2.05, 4.69) is 15.4 Å². The summed E-state index contributed by atoms with van der Waals surface area (Å²) >= 11 is 0. The number of anilines is 1. The smallest absolute Gasteiger partial charge is 0.148 e. The van der Waals surface area contributed by atoms with E-state index < -0.39 is 0 Å². The van der Waals surface area contributed by atoms with Crippen LogP contribution < -0.4 is 10.1 Å². The Morgan fingerprint density at radius 3 is 2.59 bits per heavy atom. The van der Waals surface area contributed by atoms with Crippen LogP contribution in [0.3, 0.4) is 0 Å². The summed E-state index contributed by atoms with van der Waals surface area (Å²) < 4.78 is 21.5. The molecule has 0 spiro atoms. The first-order valence-corrected chi connectivity index (χ1v) is 9.38. The van der Waals surface area contributed by atoms with Crippen LogP contribution in [-0.2, 0) is 19.7 Å². The van der Waals surface area contributed by atoms with Gasteiger partial charge < -0.3 is 10.1 Å². The van der Waals surface area contributed by atoms with Crippen molar-refractivity contribution in [1.82, 2.24) is 14.8 Å². The van der Waals surface area contributed by atoms with Gasteiger partial charge in [0, 0.05) is 47.9 Å². The lowest BCUT2D eigenvalue weighted by Gasteiger charge is -2.12. The second kappa shape index (κ2) is 9.01. The zero-order chi connectivity index (χ0) is 19.9. The summed E-state index contributed by atoms with van der Waals surface area (Å²) in [5.74, 6) is 1.32. The van der Waals surface area contributed by atoms with Crippen LogP contribution >= 0.6 is 0 Å². The zero-order valence-corrected chi connectivity index (χ0v) is 15.8. The average molecular weight is 388 g/mol. The van der Waals surface area contributed by atoms with Gasteiger partial charge in [0.05, 0.1) is 6.54 Å². The van der Waals surface area contributed by atoms with E-state index in [1.54, 1.807) is 29.2 Å². The molecule has 6 heteroatoms. The van der Waals surface area contributed by atoms with Crippen molar-refractivity contribution in [3.05, 3.63) is 108 Å². The molecule has 29 heavy (non-hydrogen) atoms. The molecule has 2 aromatic heterocycles. The van der Waals surface area contributed by atoms with Gasteiger partial charge in [-0.05, 0) is 18.2 Å². The molecule has 0 aliphatic rings. The van der Waals surface area contributed by atoms with Gasteiger partial charge in [-0.3, -0.25) is 9.67 Å². The quantitative estimate of drug-likeness (QED) is 0.477. The molecule has 0 amide bonds. The van der Waals surface area contributed by atoms with E-state index >= 15 is 0 Å². The molecule has 0 aliphatic carbocycles. The van der Waals surface area contributed by atoms with E-state index in [9.17, 15) is 4.39 Å². The van der Waals surface area contributed by atoms with Crippen molar-refractivity contribution in [1.29, 1.82) is 0 Å². The van der Waals surface area contributed by atoms with Gasteiger partial charge >= 0.3 is 0 Å². The molecule has 2 aromatic carbocycles. The zero-order valence-electron chi connectivity index (χ0n) is 15.8. The van der Waals surface area contributed by atoms with Gasteiger partial charge in [0.1, 0.15) is 24.0 Å². The number of hydrogen-bond acceptors (Lipinski definition) is 4. The maximum absolute atomic E-state index is 13.8. The Morgan fingerprint density at radius 1 is 0.931 bits per heavy atom. The third-order valence-corrected chi connectivity index (χ3v) is 4.48. The molecule has 0 aliphatic heterocycles. The highest BCUT2D eigenvalue weighted by atomic mass is 19.1. The van der Waals surface area contributed by atoms with Crippen molar-refractivity contribution in [2.75, 3.05) is 5.32 Å². The van der Waals surface area contributed by atoms with Crippen molar-refractivity contribution >= 4 is 5.82 Å². The topological polar surface area (TPSA) is 52.0 Å². The van der Waals surface area contributed by atoms with Gasteiger partial charge in [-0.25, -0.2) is 4.39 Å². The van der Waals surface area contributed by atoms with Crippen LogP contribution in [-0.4, -0.2) is 14.8 Å². The minimum absolute atomic E-state index is 0.225. The fourth-order valence-electron chi connectivity index (χ4n) is 2.97. The summed E-state index contributed by atoms with van der Waals surface area (Å²) in [5.41, 5.74) is 2.65. The minimum atomic E-state index is -0.225. The van der Waals surface area contributed by atoms with E-state index in [1.807, 2.05) is 54.7 Å². The predicted octanol–water partition coefficient (Wildman–Crippen LogP) is 4.66. The van der Waals surface area contributed by atoms with Gasteiger partial charge in [0.15, 0.2) is 0 Å². The molecule has 0 fully saturated rings. The Balaban J connectivity index is 1.37. The fourth-order valence-corrected chi connectivity index (χ4v) is 2.97. The van der Waals surface area contributed by atoms with Crippen LogP contribution in [0.25, 0.3) is 0 Å². The Hall–Kier alpha value is -3.67. The number of para-hydroxylation sites is 1. The standard InChI is InChI=1S/C23H21FN4O/c24-21-9-3-1-8-20(21)16-28-13-11-23(27-28)26-15-19-7-2-4-10-22(19)29-17-18-6-5-12-25-14-18/h1-14H,15-17H2,(H,26,27). The first kappa shape index (κ1) is 18.7. The number of nitrogens with one attached hydrogen (secondary N) is 1. The Labute approximate surface area is 168 Å². The average Bonchev–Trinajstić information content (AvgIpc) is 3.21. The predicted molar refractivity (Wildman–Crippen MR) is 110 cm³/mol. The van der Waals surface area contributed by atoms with E-state index in [0.717, 1.165) is 22.7 Å². The van der Waals surface area contributed by atoms with Crippen molar-refractivity contribution in [2.24, 2.45) is 0 Å². The number of benzene rings is 2. The summed E-state index contributed by atoms with van der Waals surface area (Å²) in [4.78, 5) is 4.11. The number of aromatic nitrogens is 3. The van der Waals surface area contributed by atoms with Crippen LogP contribution in [0, 0.1) is 5.82 Å². The summed E-state index contributed by atoms with van der Waals surface area (Å²) in [6.45, 7) is 1.42. The van der Waals surface area contributed by atoms with Crippen molar-refractivity contribution < 1.29 is 9.13 Å². The fraction of sp³-hybridized carbons (Fsp3) is 0.130. The normalized spacial score (nSPS) is 10.7. The highest BCUT2D eigenvalue weighted by molar-refractivity contribution is 5.39. The molecule has 5 nitrogen and oxygen atoms in total. The van der Waals surface area contributed by atoms with Crippen LogP contribution in [0.2, 0.25) is 0 Å². The molecule has 0 saturated heterocycles. The monoisotopic (exact) mass is 388 g/mol. The third kappa shape index (κ3) is 4.99. The molecule has 4 rings (SSSR count). The SMILES string of the molecule is Fc1ccccc1Cn1ccc(NCc2ccccc2OCc2cccnc2)n1. The molecule has 0 unspecified atom stereocenters. The molecule has 4 aromatic rings. The maximum Gasteiger partial charge on any atom is 0.148 e. The molecule has 146 valence electrons. The highest BCUT2D eigenvalue weighted by Crippen LogP contribution is 2.20. The van der Waals surface area contributed by atoms with E-state index in [-0.39, 0.29) is 5.82 Å². The Bertz CT molecular complexity index is 1070. The third-order valence-electron chi connectivity index (χ3n) is 4.48. The lowest BCUT2D eigenvalue weighted by atomic mass is 10.2. The van der Waals surface area contributed by atoms with Crippen LogP contribution in [0.1, 0.15) is 16.7 Å². The van der Waals surface area contributed by atoms with Gasteiger partial charge in [-0.1, -0.05) is 42.5 Å². The van der Waals surface area contributed by atoms with Crippen LogP contribution in [0.5, 0.6) is 5.75 Å². The molecule has 0 saturated carbocycles. The largest absolute Gasteiger partial charge is 0.488 e. The second-order valence-corrected chi connectivity index (χ2v) is 6.60. The van der Waals surface area contributed by atoms with Crippen molar-refractivity contribution in [3.8, 4) is 5.75 Å². The van der Waals surface area contributed by atoms with Crippen LogP contribution in [0.15, 0.2) is 85.3 Å². The Kier molecular flexibility index (Phi) is 5.81. The molecule has 0 radical (unpaired) electrons. The number of hydrogen-bond donors (Lipinski definition) is 1.